The molecule has 1 aliphatic heterocycles. The van der Waals surface area contributed by atoms with E-state index in [0.29, 0.717) is 19.4 Å². The molecule has 0 bridgehead atoms. The van der Waals surface area contributed by atoms with Crippen molar-refractivity contribution in [2.75, 3.05) is 0 Å². The lowest BCUT2D eigenvalue weighted by atomic mass is 9.76. The van der Waals surface area contributed by atoms with Crippen LogP contribution >= 0.6 is 0 Å². The van der Waals surface area contributed by atoms with E-state index >= 15 is 0 Å². The van der Waals surface area contributed by atoms with E-state index in [9.17, 15) is 9.59 Å². The van der Waals surface area contributed by atoms with Gasteiger partial charge in [-0.1, -0.05) is 43.2 Å². The fraction of sp³-hybridized carbons (Fsp3) is 0.500. The quantitative estimate of drug-likeness (QED) is 0.764. The smallest absolute Gasteiger partial charge is 0.230 e. The van der Waals surface area contributed by atoms with E-state index in [4.69, 9.17) is 0 Å². The highest BCUT2D eigenvalue weighted by molar-refractivity contribution is 5.98. The van der Waals surface area contributed by atoms with Gasteiger partial charge in [-0.2, -0.15) is 0 Å². The molecule has 1 aromatic rings. The summed E-state index contributed by atoms with van der Waals surface area (Å²) in [5, 5.41) is 0. The summed E-state index contributed by atoms with van der Waals surface area (Å²) in [6.45, 7) is 0.425. The van der Waals surface area contributed by atoms with Crippen molar-refractivity contribution in [2.45, 2.75) is 45.1 Å². The molecule has 1 saturated heterocycles. The van der Waals surface area contributed by atoms with Crippen molar-refractivity contribution >= 4 is 11.8 Å². The number of benzene rings is 1. The summed E-state index contributed by atoms with van der Waals surface area (Å²) >= 11 is 0. The number of carbonyl (C=O) groups excluding carboxylic acids is 2. The molecule has 2 amide bonds. The van der Waals surface area contributed by atoms with Gasteiger partial charge in [0.2, 0.25) is 11.8 Å². The molecule has 0 atom stereocenters. The van der Waals surface area contributed by atoms with Crippen molar-refractivity contribution in [1.29, 1.82) is 0 Å². The molecule has 19 heavy (non-hydrogen) atoms. The third-order valence-electron chi connectivity index (χ3n) is 4.50. The van der Waals surface area contributed by atoms with Crippen molar-refractivity contribution in [3.05, 3.63) is 35.9 Å². The zero-order valence-corrected chi connectivity index (χ0v) is 11.1. The van der Waals surface area contributed by atoms with Crippen LogP contribution < -0.4 is 0 Å². The number of hydrogen-bond acceptors (Lipinski definition) is 2. The first-order valence-electron chi connectivity index (χ1n) is 7.06. The molecule has 2 aliphatic rings. The van der Waals surface area contributed by atoms with Crippen molar-refractivity contribution in [3.8, 4) is 0 Å². The Morgan fingerprint density at radius 3 is 2.11 bits per heavy atom. The van der Waals surface area contributed by atoms with Gasteiger partial charge in [0.1, 0.15) is 0 Å². The molecule has 2 fully saturated rings. The molecule has 0 unspecified atom stereocenters. The number of nitrogens with zero attached hydrogens (tertiary/aromatic N) is 1. The van der Waals surface area contributed by atoms with Gasteiger partial charge in [0.15, 0.2) is 0 Å². The Hall–Kier alpha value is -1.64. The third kappa shape index (κ3) is 2.42. The first kappa shape index (κ1) is 12.4. The van der Waals surface area contributed by atoms with Gasteiger partial charge in [0, 0.05) is 12.8 Å². The molecular weight excluding hydrogens is 238 g/mol. The van der Waals surface area contributed by atoms with E-state index in [-0.39, 0.29) is 17.2 Å². The summed E-state index contributed by atoms with van der Waals surface area (Å²) in [6, 6.07) is 9.73. The van der Waals surface area contributed by atoms with Gasteiger partial charge in [-0.25, -0.2) is 0 Å². The van der Waals surface area contributed by atoms with Crippen molar-refractivity contribution < 1.29 is 9.59 Å². The molecule has 1 aliphatic carbocycles. The van der Waals surface area contributed by atoms with Gasteiger partial charge in [-0.15, -0.1) is 0 Å². The summed E-state index contributed by atoms with van der Waals surface area (Å²) in [5.74, 6) is 0.0315. The highest BCUT2D eigenvalue weighted by Crippen LogP contribution is 2.47. The fourth-order valence-corrected chi connectivity index (χ4v) is 3.45. The van der Waals surface area contributed by atoms with Crippen LogP contribution in [0.2, 0.25) is 0 Å². The summed E-state index contributed by atoms with van der Waals surface area (Å²) in [5.41, 5.74) is 1.02. The maximum Gasteiger partial charge on any atom is 0.230 e. The molecule has 0 N–H and O–H groups in total. The summed E-state index contributed by atoms with van der Waals surface area (Å²) in [4.78, 5) is 26.0. The lowest BCUT2D eigenvalue weighted by molar-refractivity contribution is -0.154. The van der Waals surface area contributed by atoms with Crippen LogP contribution in [0.25, 0.3) is 0 Å². The SMILES string of the molecule is O=C1CC2(CCCC2)CC(=O)N1Cc1ccccc1. The van der Waals surface area contributed by atoms with E-state index in [1.807, 2.05) is 30.3 Å². The maximum atomic E-state index is 12.3. The minimum absolute atomic E-state index is 0.00134. The standard InChI is InChI=1S/C16H19NO2/c18-14-10-16(8-4-5-9-16)11-15(19)17(14)12-13-6-2-1-3-7-13/h1-3,6-7H,4-5,8-12H2. The Morgan fingerprint density at radius 1 is 0.947 bits per heavy atom. The number of imide groups is 1. The Balaban J connectivity index is 1.74. The summed E-state index contributed by atoms with van der Waals surface area (Å²) < 4.78 is 0. The van der Waals surface area contributed by atoms with Gasteiger partial charge in [0.25, 0.3) is 0 Å². The predicted molar refractivity (Wildman–Crippen MR) is 72.1 cm³/mol. The van der Waals surface area contributed by atoms with Crippen LogP contribution in [0.5, 0.6) is 0 Å². The summed E-state index contributed by atoms with van der Waals surface area (Å²) in [6.07, 6.45) is 5.54. The lowest BCUT2D eigenvalue weighted by Crippen LogP contribution is -2.46. The van der Waals surface area contributed by atoms with Crippen LogP contribution in [0.1, 0.15) is 44.1 Å². The minimum atomic E-state index is 0.00134. The Kier molecular flexibility index (Phi) is 3.13. The maximum absolute atomic E-state index is 12.3. The fourth-order valence-electron chi connectivity index (χ4n) is 3.45. The Bertz CT molecular complexity index is 469. The molecule has 0 radical (unpaired) electrons. The zero-order valence-electron chi connectivity index (χ0n) is 11.1. The number of piperidine rings is 1. The van der Waals surface area contributed by atoms with Crippen LogP contribution in [0.15, 0.2) is 30.3 Å². The van der Waals surface area contributed by atoms with E-state index in [1.54, 1.807) is 0 Å². The molecular formula is C16H19NO2. The van der Waals surface area contributed by atoms with Crippen molar-refractivity contribution in [1.82, 2.24) is 4.90 Å². The normalized spacial score (nSPS) is 22.2. The largest absolute Gasteiger partial charge is 0.278 e. The monoisotopic (exact) mass is 257 g/mol. The first-order chi connectivity index (χ1) is 9.19. The van der Waals surface area contributed by atoms with Crippen LogP contribution in [-0.2, 0) is 16.1 Å². The van der Waals surface area contributed by atoms with E-state index in [2.05, 4.69) is 0 Å². The second-order valence-corrected chi connectivity index (χ2v) is 5.92. The van der Waals surface area contributed by atoms with Crippen LogP contribution in [-0.4, -0.2) is 16.7 Å². The minimum Gasteiger partial charge on any atom is -0.278 e. The van der Waals surface area contributed by atoms with E-state index in [0.717, 1.165) is 18.4 Å². The lowest BCUT2D eigenvalue weighted by Gasteiger charge is -2.37. The van der Waals surface area contributed by atoms with Crippen LogP contribution in [0.4, 0.5) is 0 Å². The number of hydrogen-bond donors (Lipinski definition) is 0. The van der Waals surface area contributed by atoms with E-state index < -0.39 is 0 Å². The number of likely N-dealkylation sites (tertiary alicyclic amines) is 1. The molecule has 3 heteroatoms. The van der Waals surface area contributed by atoms with Crippen molar-refractivity contribution in [2.24, 2.45) is 5.41 Å². The average Bonchev–Trinajstić information content (AvgIpc) is 2.83. The van der Waals surface area contributed by atoms with Crippen molar-refractivity contribution in [3.63, 3.8) is 0 Å². The molecule has 1 saturated carbocycles. The molecule has 1 spiro atoms. The molecule has 1 heterocycles. The molecule has 0 aromatic heterocycles. The van der Waals surface area contributed by atoms with Gasteiger partial charge < -0.3 is 0 Å². The second-order valence-electron chi connectivity index (χ2n) is 5.92. The van der Waals surface area contributed by atoms with Gasteiger partial charge >= 0.3 is 0 Å². The van der Waals surface area contributed by atoms with Crippen LogP contribution in [0, 0.1) is 5.41 Å². The highest BCUT2D eigenvalue weighted by Gasteiger charge is 2.44. The van der Waals surface area contributed by atoms with Gasteiger partial charge in [0.05, 0.1) is 6.54 Å². The third-order valence-corrected chi connectivity index (χ3v) is 4.50. The number of amides is 2. The van der Waals surface area contributed by atoms with E-state index in [1.165, 1.54) is 17.7 Å². The van der Waals surface area contributed by atoms with Gasteiger partial charge in [-0.05, 0) is 23.8 Å². The predicted octanol–water partition coefficient (Wildman–Crippen LogP) is 2.90. The number of rotatable bonds is 2. The molecule has 3 rings (SSSR count). The molecule has 1 aromatic carbocycles. The van der Waals surface area contributed by atoms with Crippen LogP contribution in [0.3, 0.4) is 0 Å². The number of carbonyl (C=O) groups is 2. The molecule has 100 valence electrons. The second kappa shape index (κ2) is 4.80. The Morgan fingerprint density at radius 2 is 1.53 bits per heavy atom. The topological polar surface area (TPSA) is 37.4 Å². The first-order valence-corrected chi connectivity index (χ1v) is 7.06. The average molecular weight is 257 g/mol. The highest BCUT2D eigenvalue weighted by atomic mass is 16.2. The summed E-state index contributed by atoms with van der Waals surface area (Å²) in [7, 11) is 0. The molecule has 3 nitrogen and oxygen atoms in total. The Labute approximate surface area is 113 Å². The zero-order chi connectivity index (χ0) is 13.3. The van der Waals surface area contributed by atoms with Gasteiger partial charge in [-0.3, -0.25) is 14.5 Å².